The van der Waals surface area contributed by atoms with Crippen molar-refractivity contribution >= 4 is 29.4 Å². The van der Waals surface area contributed by atoms with E-state index in [1.807, 2.05) is 30.3 Å². The fourth-order valence-electron chi connectivity index (χ4n) is 3.36. The lowest BCUT2D eigenvalue weighted by molar-refractivity contribution is -0.146. The van der Waals surface area contributed by atoms with Crippen molar-refractivity contribution in [2.45, 2.75) is 39.0 Å². The van der Waals surface area contributed by atoms with Gasteiger partial charge in [-0.1, -0.05) is 36.4 Å². The average molecular weight is 551 g/mol. The molecule has 212 valence electrons. The first kappa shape index (κ1) is 31.2. The lowest BCUT2D eigenvalue weighted by Crippen LogP contribution is -2.52. The number of aliphatic carboxylic acids is 2. The average Bonchev–Trinajstić information content (AvgIpc) is 2.90. The number of nitrogen functional groups attached to an aromatic ring is 1. The van der Waals surface area contributed by atoms with Gasteiger partial charge >= 0.3 is 5.97 Å². The molecule has 1 amide bonds. The van der Waals surface area contributed by atoms with Gasteiger partial charge in [-0.3, -0.25) is 15.0 Å². The molecule has 3 rings (SSSR count). The van der Waals surface area contributed by atoms with E-state index in [0.717, 1.165) is 12.5 Å². The van der Waals surface area contributed by atoms with Crippen molar-refractivity contribution in [3.8, 4) is 11.5 Å². The summed E-state index contributed by atoms with van der Waals surface area (Å²) < 4.78 is 11.4. The van der Waals surface area contributed by atoms with Gasteiger partial charge in [0.25, 0.3) is 5.97 Å². The molecule has 0 spiro atoms. The maximum atomic E-state index is 13.3. The van der Waals surface area contributed by atoms with Gasteiger partial charge in [0, 0.05) is 18.2 Å². The van der Waals surface area contributed by atoms with E-state index in [0.29, 0.717) is 34.9 Å². The number of carbonyl (C=O) groups excluding carboxylic acids is 1. The Kier molecular flexibility index (Phi) is 11.1. The summed E-state index contributed by atoms with van der Waals surface area (Å²) in [6.07, 6.45) is 0. The zero-order valence-corrected chi connectivity index (χ0v) is 22.7. The second kappa shape index (κ2) is 14.2. The van der Waals surface area contributed by atoms with Crippen LogP contribution >= 0.6 is 0 Å². The van der Waals surface area contributed by atoms with Crippen LogP contribution in [-0.4, -0.2) is 46.5 Å². The molecule has 1 atom stereocenters. The summed E-state index contributed by atoms with van der Waals surface area (Å²) in [6, 6.07) is 20.5. The minimum absolute atomic E-state index is 0.0742. The van der Waals surface area contributed by atoms with Crippen LogP contribution < -0.4 is 25.8 Å². The van der Waals surface area contributed by atoms with Crippen molar-refractivity contribution in [1.82, 2.24) is 5.32 Å². The first-order valence-electron chi connectivity index (χ1n) is 12.1. The molecular weight excluding hydrogens is 516 g/mol. The van der Waals surface area contributed by atoms with Gasteiger partial charge in [0.2, 0.25) is 5.91 Å². The van der Waals surface area contributed by atoms with Crippen LogP contribution in [0.15, 0.2) is 72.8 Å². The highest BCUT2D eigenvalue weighted by Gasteiger charge is 2.33. The Morgan fingerprint density at radius 2 is 1.57 bits per heavy atom. The smallest absolute Gasteiger partial charge is 0.328 e. The molecule has 0 saturated carbocycles. The normalized spacial score (nSPS) is 11.2. The Labute approximate surface area is 232 Å². The topological polar surface area (TPSA) is 184 Å². The van der Waals surface area contributed by atoms with Crippen molar-refractivity contribution in [2.24, 2.45) is 5.73 Å². The molecule has 0 aliphatic carbocycles. The number of ether oxygens (including phenoxy) is 2. The largest absolute Gasteiger partial charge is 0.493 e. The number of nitrogens with two attached hydrogens (primary N) is 1. The second-order valence-electron chi connectivity index (χ2n) is 9.19. The van der Waals surface area contributed by atoms with E-state index in [4.69, 9.17) is 30.5 Å². The molecule has 40 heavy (non-hydrogen) atoms. The molecule has 11 nitrogen and oxygen atoms in total. The van der Waals surface area contributed by atoms with E-state index in [1.165, 1.54) is 21.0 Å². The zero-order chi connectivity index (χ0) is 29.9. The summed E-state index contributed by atoms with van der Waals surface area (Å²) in [5.74, 6) is -1.69. The van der Waals surface area contributed by atoms with Crippen molar-refractivity contribution < 1.29 is 34.1 Å². The Balaban J connectivity index is 0.00000131. The number of nitrogens with one attached hydrogen (secondary N) is 3. The molecule has 1 unspecified atom stereocenters. The highest BCUT2D eigenvalue weighted by Crippen LogP contribution is 2.32. The molecule has 3 aromatic carbocycles. The molecule has 0 aromatic heterocycles. The van der Waals surface area contributed by atoms with E-state index in [2.05, 4.69) is 10.6 Å². The number of hydrogen-bond acceptors (Lipinski definition) is 7. The molecule has 0 saturated heterocycles. The Hall–Kier alpha value is -5.06. The van der Waals surface area contributed by atoms with E-state index in [-0.39, 0.29) is 5.84 Å². The van der Waals surface area contributed by atoms with Gasteiger partial charge in [-0.2, -0.15) is 0 Å². The minimum Gasteiger partial charge on any atom is -0.493 e. The van der Waals surface area contributed by atoms with Crippen LogP contribution in [0, 0.1) is 5.41 Å². The van der Waals surface area contributed by atoms with Crippen LogP contribution in [0.3, 0.4) is 0 Å². The van der Waals surface area contributed by atoms with Crippen molar-refractivity contribution in [2.75, 3.05) is 12.4 Å². The quantitative estimate of drug-likeness (QED) is 0.153. The minimum atomic E-state index is -1.49. The number of carboxylic acid groups (broad SMARTS) is 2. The van der Waals surface area contributed by atoms with E-state index < -0.39 is 29.4 Å². The molecule has 11 heteroatoms. The van der Waals surface area contributed by atoms with Crippen molar-refractivity contribution in [3.05, 3.63) is 89.5 Å². The number of benzene rings is 3. The lowest BCUT2D eigenvalue weighted by Gasteiger charge is -2.27. The fourth-order valence-corrected chi connectivity index (χ4v) is 3.36. The predicted molar refractivity (Wildman–Crippen MR) is 151 cm³/mol. The summed E-state index contributed by atoms with van der Waals surface area (Å²) in [4.78, 5) is 33.9. The third kappa shape index (κ3) is 9.35. The highest BCUT2D eigenvalue weighted by molar-refractivity contribution is 5.95. The zero-order valence-electron chi connectivity index (χ0n) is 22.7. The van der Waals surface area contributed by atoms with Crippen LogP contribution in [0.2, 0.25) is 0 Å². The van der Waals surface area contributed by atoms with E-state index in [9.17, 15) is 14.7 Å². The number of carboxylic acids is 2. The van der Waals surface area contributed by atoms with Crippen molar-refractivity contribution in [1.29, 1.82) is 5.41 Å². The van der Waals surface area contributed by atoms with Gasteiger partial charge in [0.15, 0.2) is 11.5 Å². The molecular formula is C29H34N4O7. The number of anilines is 1. The van der Waals surface area contributed by atoms with Gasteiger partial charge in [-0.25, -0.2) is 4.79 Å². The molecule has 0 radical (unpaired) electrons. The van der Waals surface area contributed by atoms with Gasteiger partial charge in [-0.05, 0) is 61.4 Å². The predicted octanol–water partition coefficient (Wildman–Crippen LogP) is 3.78. The van der Waals surface area contributed by atoms with Crippen LogP contribution in [-0.2, 0) is 21.0 Å². The van der Waals surface area contributed by atoms with E-state index >= 15 is 0 Å². The summed E-state index contributed by atoms with van der Waals surface area (Å²) >= 11 is 0. The second-order valence-corrected chi connectivity index (χ2v) is 9.19. The Morgan fingerprint density at radius 3 is 2.10 bits per heavy atom. The maximum absolute atomic E-state index is 13.3. The summed E-state index contributed by atoms with van der Waals surface area (Å²) in [5, 5.41) is 30.2. The Bertz CT molecular complexity index is 1320. The van der Waals surface area contributed by atoms with Crippen LogP contribution in [0.4, 0.5) is 5.69 Å². The summed E-state index contributed by atoms with van der Waals surface area (Å²) in [7, 11) is 1.50. The van der Waals surface area contributed by atoms with Crippen LogP contribution in [0.25, 0.3) is 0 Å². The van der Waals surface area contributed by atoms with Crippen molar-refractivity contribution in [3.63, 3.8) is 0 Å². The molecule has 0 heterocycles. The first-order valence-corrected chi connectivity index (χ1v) is 12.1. The molecule has 0 fully saturated rings. The first-order chi connectivity index (χ1) is 18.8. The number of amidine groups is 1. The number of rotatable bonds is 11. The maximum Gasteiger partial charge on any atom is 0.328 e. The lowest BCUT2D eigenvalue weighted by atomic mass is 10.0. The molecule has 3 aromatic rings. The summed E-state index contributed by atoms with van der Waals surface area (Å²) in [5.41, 5.74) is 6.69. The van der Waals surface area contributed by atoms with Crippen LogP contribution in [0.5, 0.6) is 11.5 Å². The van der Waals surface area contributed by atoms with Crippen LogP contribution in [0.1, 0.15) is 43.5 Å². The monoisotopic (exact) mass is 550 g/mol. The van der Waals surface area contributed by atoms with Gasteiger partial charge < -0.3 is 36.1 Å². The molecule has 0 bridgehead atoms. The molecule has 0 aliphatic heterocycles. The standard InChI is InChI=1S/C27H30N4O5.C2H4O2/c1-27(2,26(33)34)31-25(32)23(30-20-12-9-18(10-13-20)24(28)29)19-11-14-21(22(15-19)35-3)36-16-17-7-5-4-6-8-17;1-2(3)4/h4-15,23,30H,16H2,1-3H3,(H3,28,29)(H,31,32)(H,33,34);1H3,(H,3,4). The number of amides is 1. The number of methoxy groups -OCH3 is 1. The van der Waals surface area contributed by atoms with Gasteiger partial charge in [0.1, 0.15) is 24.0 Å². The third-order valence-electron chi connectivity index (χ3n) is 5.50. The van der Waals surface area contributed by atoms with Gasteiger partial charge in [-0.15, -0.1) is 0 Å². The molecule has 0 aliphatic rings. The number of carbonyl (C=O) groups is 3. The number of hydrogen-bond donors (Lipinski definition) is 6. The van der Waals surface area contributed by atoms with E-state index in [1.54, 1.807) is 42.5 Å². The Morgan fingerprint density at radius 1 is 0.975 bits per heavy atom. The highest BCUT2D eigenvalue weighted by atomic mass is 16.5. The SMILES string of the molecule is CC(=O)O.COc1cc(C(Nc2ccc(C(=N)N)cc2)C(=O)NC(C)(C)C(=O)O)ccc1OCc1ccccc1. The fraction of sp³-hybridized carbons (Fsp3) is 0.241. The van der Waals surface area contributed by atoms with Gasteiger partial charge in [0.05, 0.1) is 7.11 Å². The third-order valence-corrected chi connectivity index (χ3v) is 5.50. The molecule has 7 N–H and O–H groups in total. The summed E-state index contributed by atoms with van der Waals surface area (Å²) in [6.45, 7) is 4.24.